The summed E-state index contributed by atoms with van der Waals surface area (Å²) in [5.41, 5.74) is 5.76. The summed E-state index contributed by atoms with van der Waals surface area (Å²) in [6.07, 6.45) is 3.07. The van der Waals surface area contributed by atoms with Crippen molar-refractivity contribution < 1.29 is 4.79 Å². The van der Waals surface area contributed by atoms with Crippen molar-refractivity contribution in [3.8, 4) is 0 Å². The molecule has 0 aromatic heterocycles. The highest BCUT2D eigenvalue weighted by Crippen LogP contribution is 2.08. The van der Waals surface area contributed by atoms with Crippen molar-refractivity contribution in [3.63, 3.8) is 0 Å². The number of nitrogens with zero attached hydrogens (tertiary/aromatic N) is 1. The average Bonchev–Trinajstić information content (AvgIpc) is 2.33. The molecule has 1 unspecified atom stereocenters. The Morgan fingerprint density at radius 3 is 2.46 bits per heavy atom. The van der Waals surface area contributed by atoms with E-state index >= 15 is 0 Å². The molecular weight excluding hydrogens is 164 g/mol. The van der Waals surface area contributed by atoms with Gasteiger partial charge < -0.3 is 10.6 Å². The molecule has 0 aromatic rings. The van der Waals surface area contributed by atoms with Crippen LogP contribution in [0.1, 0.15) is 40.0 Å². The fourth-order valence-electron chi connectivity index (χ4n) is 1.44. The summed E-state index contributed by atoms with van der Waals surface area (Å²) in [6, 6.07) is 0.305. The fraction of sp³-hybridized carbons (Fsp3) is 0.900. The number of nitrogens with two attached hydrogens (primary N) is 1. The standard InChI is InChI=1S/C8H16N2O.C2H6/c1-7(11)10-5-2-3-8(9)4-6-10;1-2/h8H,2-6,9H2,1H3;1-2H3. The van der Waals surface area contributed by atoms with Gasteiger partial charge in [0.25, 0.3) is 0 Å². The van der Waals surface area contributed by atoms with Crippen LogP contribution in [-0.4, -0.2) is 29.9 Å². The minimum atomic E-state index is 0.180. The number of hydrogen-bond acceptors (Lipinski definition) is 2. The van der Waals surface area contributed by atoms with Crippen molar-refractivity contribution in [3.05, 3.63) is 0 Å². The zero-order valence-corrected chi connectivity index (χ0v) is 9.05. The molecule has 3 heteroatoms. The third-order valence-corrected chi connectivity index (χ3v) is 2.22. The minimum Gasteiger partial charge on any atom is -0.343 e. The Labute approximate surface area is 81.3 Å². The first-order chi connectivity index (χ1) is 6.20. The molecule has 0 saturated carbocycles. The molecule has 78 valence electrons. The Morgan fingerprint density at radius 1 is 1.31 bits per heavy atom. The number of hydrogen-bond donors (Lipinski definition) is 1. The summed E-state index contributed by atoms with van der Waals surface area (Å²) in [7, 11) is 0. The van der Waals surface area contributed by atoms with E-state index in [9.17, 15) is 4.79 Å². The fourth-order valence-corrected chi connectivity index (χ4v) is 1.44. The lowest BCUT2D eigenvalue weighted by Crippen LogP contribution is -2.30. The highest BCUT2D eigenvalue weighted by Gasteiger charge is 2.14. The molecule has 1 saturated heterocycles. The average molecular weight is 186 g/mol. The molecule has 0 radical (unpaired) electrons. The number of carbonyl (C=O) groups excluding carboxylic acids is 1. The van der Waals surface area contributed by atoms with E-state index in [1.807, 2.05) is 18.7 Å². The Kier molecular flexibility index (Phi) is 6.59. The van der Waals surface area contributed by atoms with Gasteiger partial charge in [0.05, 0.1) is 0 Å². The van der Waals surface area contributed by atoms with Gasteiger partial charge in [-0.05, 0) is 19.3 Å². The van der Waals surface area contributed by atoms with Gasteiger partial charge in [-0.2, -0.15) is 0 Å². The predicted octanol–water partition coefficient (Wildman–Crippen LogP) is 1.37. The predicted molar refractivity (Wildman–Crippen MR) is 55.4 cm³/mol. The van der Waals surface area contributed by atoms with Gasteiger partial charge in [-0.3, -0.25) is 4.79 Å². The van der Waals surface area contributed by atoms with Gasteiger partial charge in [-0.25, -0.2) is 0 Å². The van der Waals surface area contributed by atoms with Crippen LogP contribution in [0.2, 0.25) is 0 Å². The van der Waals surface area contributed by atoms with Crippen LogP contribution >= 0.6 is 0 Å². The van der Waals surface area contributed by atoms with E-state index in [0.29, 0.717) is 6.04 Å². The van der Waals surface area contributed by atoms with Gasteiger partial charge in [0.1, 0.15) is 0 Å². The Balaban J connectivity index is 0.000000671. The van der Waals surface area contributed by atoms with E-state index in [4.69, 9.17) is 5.73 Å². The van der Waals surface area contributed by atoms with Gasteiger partial charge in [0.15, 0.2) is 0 Å². The van der Waals surface area contributed by atoms with Crippen LogP contribution in [0.4, 0.5) is 0 Å². The van der Waals surface area contributed by atoms with Crippen LogP contribution in [0.5, 0.6) is 0 Å². The maximum atomic E-state index is 10.9. The second-order valence-corrected chi connectivity index (χ2v) is 3.20. The molecule has 2 N–H and O–H groups in total. The third kappa shape index (κ3) is 4.88. The largest absolute Gasteiger partial charge is 0.343 e. The second-order valence-electron chi connectivity index (χ2n) is 3.20. The maximum Gasteiger partial charge on any atom is 0.219 e. The molecule has 1 heterocycles. The van der Waals surface area contributed by atoms with Crippen LogP contribution < -0.4 is 5.73 Å². The van der Waals surface area contributed by atoms with E-state index in [-0.39, 0.29) is 5.91 Å². The molecule has 3 nitrogen and oxygen atoms in total. The van der Waals surface area contributed by atoms with E-state index in [1.165, 1.54) is 0 Å². The lowest BCUT2D eigenvalue weighted by Gasteiger charge is -2.17. The molecule has 1 rings (SSSR count). The molecule has 0 spiro atoms. The molecule has 0 aliphatic carbocycles. The molecule has 1 fully saturated rings. The van der Waals surface area contributed by atoms with Crippen LogP contribution in [0.25, 0.3) is 0 Å². The molecular formula is C10H22N2O. The molecule has 1 amide bonds. The number of likely N-dealkylation sites (tertiary alicyclic amines) is 1. The Morgan fingerprint density at radius 2 is 1.92 bits per heavy atom. The second kappa shape index (κ2) is 6.89. The number of rotatable bonds is 0. The Bertz CT molecular complexity index is 148. The first-order valence-electron chi connectivity index (χ1n) is 5.21. The van der Waals surface area contributed by atoms with Crippen LogP contribution in [0, 0.1) is 0 Å². The van der Waals surface area contributed by atoms with Crippen molar-refractivity contribution in [1.29, 1.82) is 0 Å². The zero-order valence-electron chi connectivity index (χ0n) is 9.05. The van der Waals surface area contributed by atoms with Crippen LogP contribution in [-0.2, 0) is 4.79 Å². The maximum absolute atomic E-state index is 10.9. The van der Waals surface area contributed by atoms with Crippen molar-refractivity contribution >= 4 is 5.91 Å². The van der Waals surface area contributed by atoms with Gasteiger partial charge in [-0.1, -0.05) is 13.8 Å². The first kappa shape index (κ1) is 12.4. The summed E-state index contributed by atoms with van der Waals surface area (Å²) in [5.74, 6) is 0.180. The first-order valence-corrected chi connectivity index (χ1v) is 5.21. The van der Waals surface area contributed by atoms with Crippen molar-refractivity contribution in [1.82, 2.24) is 4.90 Å². The summed E-state index contributed by atoms with van der Waals surface area (Å²) in [4.78, 5) is 12.8. The summed E-state index contributed by atoms with van der Waals surface area (Å²) in [5, 5.41) is 0. The number of amides is 1. The monoisotopic (exact) mass is 186 g/mol. The third-order valence-electron chi connectivity index (χ3n) is 2.22. The molecule has 0 aromatic carbocycles. The topological polar surface area (TPSA) is 46.3 Å². The van der Waals surface area contributed by atoms with Gasteiger partial charge in [0.2, 0.25) is 5.91 Å². The SMILES string of the molecule is CC.CC(=O)N1CCCC(N)CC1. The summed E-state index contributed by atoms with van der Waals surface area (Å²) in [6.45, 7) is 7.36. The summed E-state index contributed by atoms with van der Waals surface area (Å²) < 4.78 is 0. The lowest BCUT2D eigenvalue weighted by atomic mass is 10.1. The smallest absolute Gasteiger partial charge is 0.219 e. The minimum absolute atomic E-state index is 0.180. The zero-order chi connectivity index (χ0) is 10.3. The molecule has 13 heavy (non-hydrogen) atoms. The molecule has 1 aliphatic heterocycles. The van der Waals surface area contributed by atoms with E-state index in [0.717, 1.165) is 32.4 Å². The van der Waals surface area contributed by atoms with Crippen LogP contribution in [0.15, 0.2) is 0 Å². The highest BCUT2D eigenvalue weighted by molar-refractivity contribution is 5.73. The Hall–Kier alpha value is -0.570. The van der Waals surface area contributed by atoms with E-state index in [1.54, 1.807) is 6.92 Å². The summed E-state index contributed by atoms with van der Waals surface area (Å²) >= 11 is 0. The van der Waals surface area contributed by atoms with E-state index < -0.39 is 0 Å². The normalized spacial score (nSPS) is 22.8. The van der Waals surface area contributed by atoms with Gasteiger partial charge in [-0.15, -0.1) is 0 Å². The van der Waals surface area contributed by atoms with Crippen molar-refractivity contribution in [2.75, 3.05) is 13.1 Å². The van der Waals surface area contributed by atoms with Crippen molar-refractivity contribution in [2.24, 2.45) is 5.73 Å². The lowest BCUT2D eigenvalue weighted by molar-refractivity contribution is -0.128. The van der Waals surface area contributed by atoms with Crippen LogP contribution in [0.3, 0.4) is 0 Å². The molecule has 0 bridgehead atoms. The quantitative estimate of drug-likeness (QED) is 0.621. The highest BCUT2D eigenvalue weighted by atomic mass is 16.2. The molecule has 1 aliphatic rings. The van der Waals surface area contributed by atoms with Crippen molar-refractivity contribution in [2.45, 2.75) is 46.1 Å². The van der Waals surface area contributed by atoms with Gasteiger partial charge in [0, 0.05) is 26.1 Å². The molecule has 1 atom stereocenters. The number of carbonyl (C=O) groups is 1. The van der Waals surface area contributed by atoms with E-state index in [2.05, 4.69) is 0 Å². The van der Waals surface area contributed by atoms with Gasteiger partial charge >= 0.3 is 0 Å².